The molecule has 1 saturated heterocycles. The van der Waals surface area contributed by atoms with Gasteiger partial charge < -0.3 is 24.8 Å². The zero-order valence-electron chi connectivity index (χ0n) is 20.3. The second-order valence-electron chi connectivity index (χ2n) is 9.23. The molecular weight excluding hydrogens is 448 g/mol. The van der Waals surface area contributed by atoms with Gasteiger partial charge in [0.2, 0.25) is 5.91 Å². The summed E-state index contributed by atoms with van der Waals surface area (Å²) in [6.45, 7) is 6.16. The van der Waals surface area contributed by atoms with E-state index in [4.69, 9.17) is 9.47 Å². The quantitative estimate of drug-likeness (QED) is 0.599. The summed E-state index contributed by atoms with van der Waals surface area (Å²) in [5.41, 5.74) is 4.56. The summed E-state index contributed by atoms with van der Waals surface area (Å²) in [4.78, 5) is 38.7. The third kappa shape index (κ3) is 5.03. The summed E-state index contributed by atoms with van der Waals surface area (Å²) < 4.78 is 11.1. The molecule has 8 heteroatoms. The molecule has 0 aromatic heterocycles. The van der Waals surface area contributed by atoms with Crippen LogP contribution in [0.5, 0.6) is 0 Å². The zero-order valence-corrected chi connectivity index (χ0v) is 20.3. The molecule has 1 aliphatic heterocycles. The number of likely N-dealkylation sites (tertiary alicyclic amines) is 1. The van der Waals surface area contributed by atoms with E-state index in [1.165, 1.54) is 4.90 Å². The number of fused-ring (bicyclic) bond motifs is 3. The first-order valence-electron chi connectivity index (χ1n) is 12.1. The fourth-order valence-corrected chi connectivity index (χ4v) is 5.03. The lowest BCUT2D eigenvalue weighted by molar-refractivity contribution is -0.145. The number of hydrogen-bond acceptors (Lipinski definition) is 5. The Bertz CT molecular complexity index is 1060. The average molecular weight is 481 g/mol. The standard InChI is InChI=1S/C27H32N2O6/c1-4-34-24-14-29(13-22(24)26(31)32)25(30)16(2)17(3)28-27(33)35-15-23-20-11-7-5-9-18(20)19-10-6-8-12-21(19)23/h5-12,16-17,22-24H,4,13-15H2,1-3H3,(H,28,33)(H,31,32). The maximum absolute atomic E-state index is 13.0. The number of nitrogens with zero attached hydrogens (tertiary/aromatic N) is 1. The van der Waals surface area contributed by atoms with Crippen LogP contribution in [0.4, 0.5) is 4.79 Å². The fraction of sp³-hybridized carbons (Fsp3) is 0.444. The van der Waals surface area contributed by atoms with Gasteiger partial charge in [-0.3, -0.25) is 9.59 Å². The zero-order chi connectivity index (χ0) is 25.1. The van der Waals surface area contributed by atoms with Crippen molar-refractivity contribution in [1.82, 2.24) is 10.2 Å². The van der Waals surface area contributed by atoms with E-state index in [0.717, 1.165) is 22.3 Å². The van der Waals surface area contributed by atoms with E-state index in [0.29, 0.717) is 6.61 Å². The Morgan fingerprint density at radius 2 is 1.63 bits per heavy atom. The van der Waals surface area contributed by atoms with E-state index < -0.39 is 36.0 Å². The summed E-state index contributed by atoms with van der Waals surface area (Å²) in [6, 6.07) is 15.7. The van der Waals surface area contributed by atoms with E-state index in [2.05, 4.69) is 29.6 Å². The molecule has 0 bridgehead atoms. The van der Waals surface area contributed by atoms with Gasteiger partial charge in [-0.2, -0.15) is 0 Å². The van der Waals surface area contributed by atoms with Gasteiger partial charge in [-0.1, -0.05) is 55.5 Å². The van der Waals surface area contributed by atoms with Gasteiger partial charge in [-0.15, -0.1) is 0 Å². The van der Waals surface area contributed by atoms with Crippen molar-refractivity contribution < 1.29 is 29.0 Å². The number of ether oxygens (including phenoxy) is 2. The minimum Gasteiger partial charge on any atom is -0.481 e. The van der Waals surface area contributed by atoms with E-state index in [-0.39, 0.29) is 31.5 Å². The molecule has 1 aliphatic carbocycles. The smallest absolute Gasteiger partial charge is 0.407 e. The molecule has 0 spiro atoms. The number of carboxylic acids is 1. The number of aliphatic carboxylic acids is 1. The summed E-state index contributed by atoms with van der Waals surface area (Å²) in [5.74, 6) is -2.54. The third-order valence-electron chi connectivity index (χ3n) is 7.10. The van der Waals surface area contributed by atoms with Crippen LogP contribution in [0.15, 0.2) is 48.5 Å². The number of amides is 2. The number of carbonyl (C=O) groups is 3. The SMILES string of the molecule is CCOC1CN(C(=O)C(C)C(C)NC(=O)OCC2c3ccccc3-c3ccccc32)CC1C(=O)O. The van der Waals surface area contributed by atoms with Crippen molar-refractivity contribution >= 4 is 18.0 Å². The minimum atomic E-state index is -0.976. The van der Waals surface area contributed by atoms with Crippen molar-refractivity contribution in [3.8, 4) is 11.1 Å². The second-order valence-corrected chi connectivity index (χ2v) is 9.23. The van der Waals surface area contributed by atoms with Gasteiger partial charge in [-0.05, 0) is 36.1 Å². The first-order valence-corrected chi connectivity index (χ1v) is 12.1. The molecule has 2 aromatic carbocycles. The molecule has 4 unspecified atom stereocenters. The Labute approximate surface area is 205 Å². The number of hydrogen-bond donors (Lipinski definition) is 2. The number of alkyl carbamates (subject to hydrolysis) is 1. The van der Waals surface area contributed by atoms with Gasteiger partial charge in [0.05, 0.1) is 12.0 Å². The first-order chi connectivity index (χ1) is 16.8. The van der Waals surface area contributed by atoms with Crippen LogP contribution < -0.4 is 5.32 Å². The summed E-state index contributed by atoms with van der Waals surface area (Å²) in [5, 5.41) is 12.2. The van der Waals surface area contributed by atoms with Crippen LogP contribution in [0.2, 0.25) is 0 Å². The molecule has 2 aliphatic rings. The van der Waals surface area contributed by atoms with Gasteiger partial charge in [0.25, 0.3) is 0 Å². The number of benzene rings is 2. The van der Waals surface area contributed by atoms with Crippen LogP contribution in [-0.2, 0) is 19.1 Å². The van der Waals surface area contributed by atoms with Gasteiger partial charge in [0, 0.05) is 31.7 Å². The van der Waals surface area contributed by atoms with Crippen LogP contribution in [0, 0.1) is 11.8 Å². The van der Waals surface area contributed by atoms with Crippen molar-refractivity contribution in [3.05, 3.63) is 59.7 Å². The highest BCUT2D eigenvalue weighted by atomic mass is 16.5. The van der Waals surface area contributed by atoms with E-state index in [1.54, 1.807) is 20.8 Å². The lowest BCUT2D eigenvalue weighted by atomic mass is 9.98. The predicted molar refractivity (Wildman–Crippen MR) is 130 cm³/mol. The molecule has 186 valence electrons. The van der Waals surface area contributed by atoms with Crippen LogP contribution >= 0.6 is 0 Å². The number of carboxylic acid groups (broad SMARTS) is 1. The lowest BCUT2D eigenvalue weighted by Gasteiger charge is -2.26. The van der Waals surface area contributed by atoms with Crippen LogP contribution in [0.1, 0.15) is 37.8 Å². The Kier molecular flexibility index (Phi) is 7.40. The normalized spacial score (nSPS) is 20.6. The van der Waals surface area contributed by atoms with E-state index >= 15 is 0 Å². The van der Waals surface area contributed by atoms with Crippen molar-refractivity contribution in [2.45, 2.75) is 38.8 Å². The second kappa shape index (κ2) is 10.5. The minimum absolute atomic E-state index is 0.0458. The Balaban J connectivity index is 1.33. The highest BCUT2D eigenvalue weighted by molar-refractivity contribution is 5.82. The molecule has 1 heterocycles. The van der Waals surface area contributed by atoms with Gasteiger partial charge in [0.15, 0.2) is 0 Å². The molecule has 4 atom stereocenters. The van der Waals surface area contributed by atoms with Crippen LogP contribution in [0.3, 0.4) is 0 Å². The van der Waals surface area contributed by atoms with Gasteiger partial charge >= 0.3 is 12.1 Å². The summed E-state index contributed by atoms with van der Waals surface area (Å²) in [7, 11) is 0. The molecule has 0 radical (unpaired) electrons. The van der Waals surface area contributed by atoms with Crippen LogP contribution in [-0.4, -0.2) is 66.4 Å². The average Bonchev–Trinajstić information content (AvgIpc) is 3.41. The lowest BCUT2D eigenvalue weighted by Crippen LogP contribution is -2.45. The summed E-state index contributed by atoms with van der Waals surface area (Å²) >= 11 is 0. The number of carbonyl (C=O) groups excluding carboxylic acids is 2. The maximum Gasteiger partial charge on any atom is 0.407 e. The van der Waals surface area contributed by atoms with E-state index in [9.17, 15) is 19.5 Å². The molecule has 8 nitrogen and oxygen atoms in total. The third-order valence-corrected chi connectivity index (χ3v) is 7.10. The van der Waals surface area contributed by atoms with Crippen molar-refractivity contribution in [2.24, 2.45) is 11.8 Å². The highest BCUT2D eigenvalue weighted by Crippen LogP contribution is 2.44. The topological polar surface area (TPSA) is 105 Å². The number of nitrogens with one attached hydrogen (secondary N) is 1. The van der Waals surface area contributed by atoms with Crippen molar-refractivity contribution in [1.29, 1.82) is 0 Å². The van der Waals surface area contributed by atoms with Gasteiger partial charge in [0.1, 0.15) is 12.5 Å². The highest BCUT2D eigenvalue weighted by Gasteiger charge is 2.42. The maximum atomic E-state index is 13.0. The molecule has 35 heavy (non-hydrogen) atoms. The molecule has 2 N–H and O–H groups in total. The first kappa shape index (κ1) is 24.7. The molecule has 2 aromatic rings. The van der Waals surface area contributed by atoms with Crippen molar-refractivity contribution in [2.75, 3.05) is 26.3 Å². The van der Waals surface area contributed by atoms with E-state index in [1.807, 2.05) is 24.3 Å². The molecule has 0 saturated carbocycles. The molecule has 1 fully saturated rings. The Morgan fingerprint density at radius 1 is 1.03 bits per heavy atom. The fourth-order valence-electron chi connectivity index (χ4n) is 5.03. The Morgan fingerprint density at radius 3 is 2.20 bits per heavy atom. The largest absolute Gasteiger partial charge is 0.481 e. The van der Waals surface area contributed by atoms with Crippen LogP contribution in [0.25, 0.3) is 11.1 Å². The molecular formula is C27H32N2O6. The van der Waals surface area contributed by atoms with Crippen molar-refractivity contribution in [3.63, 3.8) is 0 Å². The Hall–Kier alpha value is -3.39. The molecule has 2 amide bonds. The molecule has 4 rings (SSSR count). The predicted octanol–water partition coefficient (Wildman–Crippen LogP) is 3.50. The number of rotatable bonds is 8. The monoisotopic (exact) mass is 480 g/mol. The summed E-state index contributed by atoms with van der Waals surface area (Å²) in [6.07, 6.45) is -1.12. The van der Waals surface area contributed by atoms with Gasteiger partial charge in [-0.25, -0.2) is 4.79 Å².